The number of nitrogens with zero attached hydrogens (tertiary/aromatic N) is 2. The highest BCUT2D eigenvalue weighted by molar-refractivity contribution is 7.79. The Morgan fingerprint density at radius 3 is 1.42 bits per heavy atom. The molecule has 3 aromatic heterocycles. The molecular weight excluding hydrogens is 915 g/mol. The van der Waals surface area contributed by atoms with E-state index in [1.165, 1.54) is 6.92 Å². The molecule has 2 aliphatic heterocycles. The second-order valence-corrected chi connectivity index (χ2v) is 18.8. The van der Waals surface area contributed by atoms with E-state index in [0.717, 1.165) is 78.0 Å². The summed E-state index contributed by atoms with van der Waals surface area (Å²) >= 11 is 4.49. The van der Waals surface area contributed by atoms with Crippen LogP contribution in [0.25, 0.3) is 90.9 Å². The van der Waals surface area contributed by atoms with Crippen molar-refractivity contribution in [2.75, 3.05) is 22.6 Å². The molecule has 5 heterocycles. The predicted molar refractivity (Wildman–Crippen MR) is 296 cm³/mol. The Labute approximate surface area is 422 Å². The number of aromatic nitrogens is 4. The number of amides is 3. The van der Waals surface area contributed by atoms with Gasteiger partial charge in [0.2, 0.25) is 11.8 Å². The van der Waals surface area contributed by atoms with Crippen LogP contribution in [0.15, 0.2) is 152 Å². The number of thiol groups is 1. The molecule has 0 atom stereocenters. The summed E-state index contributed by atoms with van der Waals surface area (Å²) in [7, 11) is 0. The fourth-order valence-corrected chi connectivity index (χ4v) is 9.35. The van der Waals surface area contributed by atoms with Crippen LogP contribution in [0, 0.1) is 5.41 Å². The van der Waals surface area contributed by atoms with Gasteiger partial charge in [0.05, 0.1) is 22.8 Å². The van der Waals surface area contributed by atoms with E-state index in [0.29, 0.717) is 39.8 Å². The monoisotopic (exact) mass is 965 g/mol. The van der Waals surface area contributed by atoms with E-state index in [1.807, 2.05) is 136 Å². The van der Waals surface area contributed by atoms with Crippen molar-refractivity contribution in [1.82, 2.24) is 19.9 Å². The predicted octanol–water partition coefficient (Wildman–Crippen LogP) is 13.7. The number of benzene rings is 5. The van der Waals surface area contributed by atoms with E-state index in [4.69, 9.17) is 14.7 Å². The van der Waals surface area contributed by atoms with Gasteiger partial charge in [0, 0.05) is 96.2 Å². The molecule has 8 bridgehead atoms. The number of hydrogen-bond donors (Lipinski definition) is 6. The van der Waals surface area contributed by atoms with Crippen LogP contribution in [0.2, 0.25) is 0 Å². The van der Waals surface area contributed by atoms with Gasteiger partial charge < -0.3 is 30.7 Å². The average Bonchev–Trinajstić information content (AvgIpc) is 4.23. The number of hydrogen-bond acceptors (Lipinski definition) is 7. The lowest BCUT2D eigenvalue weighted by Gasteiger charge is -2.19. The van der Waals surface area contributed by atoms with Gasteiger partial charge in [-0.05, 0) is 84.0 Å². The van der Waals surface area contributed by atoms with Crippen molar-refractivity contribution in [3.05, 3.63) is 180 Å². The summed E-state index contributed by atoms with van der Waals surface area (Å²) in [5.74, 6) is 0.0198. The second kappa shape index (κ2) is 19.9. The SMILES string of the molecule is CC(=O)Nc1cccc(OCC(=O)Nc2ccccc2-c2c3nc(c(-c4ccccc4)c4ccc([nH]4)c(-c4ccccc4NC(=O)C(C)(C)C)c4nc(c(-c5ccccc5)c5ccc2[nH]5)C=C4)C=C3)c1CS. The van der Waals surface area contributed by atoms with Crippen LogP contribution >= 0.6 is 12.6 Å². The summed E-state index contributed by atoms with van der Waals surface area (Å²) in [5.41, 5.74) is 14.6. The van der Waals surface area contributed by atoms with Gasteiger partial charge in [-0.15, -0.1) is 0 Å². The standard InChI is InChI=1S/C60H51N7O4S/c1-36(68)61-44-24-15-25-53(41(44)35-72)71-34-54(69)66-42-22-13-11-20-39(42)57-49-30-26-45(62-49)55(37-16-7-5-8-17-37)47-28-32-51(64-47)58(40-21-12-14-23-43(40)67-59(70)60(2,3)4)52-33-29-48(65-52)56(38-18-9-6-10-19-38)46-27-31-50(57)63-46/h5-33,62,65,72H,34-35H2,1-4H3,(H,61,68)(H,66,69)(H,67,70). The molecule has 0 fully saturated rings. The quantitative estimate of drug-likeness (QED) is 0.0710. The molecule has 0 radical (unpaired) electrons. The Bertz CT molecular complexity index is 3630. The zero-order valence-corrected chi connectivity index (χ0v) is 41.0. The minimum atomic E-state index is -0.632. The largest absolute Gasteiger partial charge is 0.483 e. The Balaban J connectivity index is 1.21. The molecule has 3 amide bonds. The molecule has 2 aliphatic rings. The third-order valence-electron chi connectivity index (χ3n) is 12.4. The molecule has 11 nitrogen and oxygen atoms in total. The topological polar surface area (TPSA) is 154 Å². The molecule has 8 aromatic rings. The summed E-state index contributed by atoms with van der Waals surface area (Å²) < 4.78 is 6.08. The first kappa shape index (κ1) is 47.0. The molecular formula is C60H51N7O4S. The molecule has 0 unspecified atom stereocenters. The van der Waals surface area contributed by atoms with E-state index in [-0.39, 0.29) is 30.1 Å². The molecule has 5 aromatic carbocycles. The number of ether oxygens (including phenoxy) is 1. The summed E-state index contributed by atoms with van der Waals surface area (Å²) in [4.78, 5) is 57.9. The van der Waals surface area contributed by atoms with E-state index < -0.39 is 5.41 Å². The van der Waals surface area contributed by atoms with Crippen molar-refractivity contribution < 1.29 is 19.1 Å². The van der Waals surface area contributed by atoms with Crippen molar-refractivity contribution >= 4 is 93.8 Å². The van der Waals surface area contributed by atoms with Crippen molar-refractivity contribution in [1.29, 1.82) is 0 Å². The van der Waals surface area contributed by atoms with Crippen LogP contribution in [0.5, 0.6) is 5.75 Å². The molecule has 5 N–H and O–H groups in total. The van der Waals surface area contributed by atoms with E-state index in [2.05, 4.69) is 81.0 Å². The molecule has 10 rings (SSSR count). The number of aromatic amines is 2. The highest BCUT2D eigenvalue weighted by atomic mass is 32.1. The summed E-state index contributed by atoms with van der Waals surface area (Å²) in [6.45, 7) is 6.84. The third-order valence-corrected chi connectivity index (χ3v) is 12.8. The van der Waals surface area contributed by atoms with Gasteiger partial charge >= 0.3 is 0 Å². The van der Waals surface area contributed by atoms with Gasteiger partial charge in [-0.2, -0.15) is 12.6 Å². The first-order valence-corrected chi connectivity index (χ1v) is 24.3. The number of carbonyl (C=O) groups excluding carboxylic acids is 3. The Hall–Kier alpha value is -8.74. The number of rotatable bonds is 11. The Morgan fingerprint density at radius 1 is 0.514 bits per heavy atom. The van der Waals surface area contributed by atoms with E-state index in [9.17, 15) is 14.4 Å². The summed E-state index contributed by atoms with van der Waals surface area (Å²) in [6.07, 6.45) is 8.11. The van der Waals surface area contributed by atoms with Crippen LogP contribution < -0.4 is 20.7 Å². The van der Waals surface area contributed by atoms with Gasteiger partial charge in [-0.25, -0.2) is 9.97 Å². The van der Waals surface area contributed by atoms with Gasteiger partial charge in [0.25, 0.3) is 5.91 Å². The summed E-state index contributed by atoms with van der Waals surface area (Å²) in [5, 5.41) is 9.17. The van der Waals surface area contributed by atoms with Gasteiger partial charge in [-0.3, -0.25) is 14.4 Å². The first-order valence-electron chi connectivity index (χ1n) is 23.6. The van der Waals surface area contributed by atoms with Crippen LogP contribution in [0.1, 0.15) is 56.0 Å². The number of carbonyl (C=O) groups is 3. The number of fused-ring (bicyclic) bond motifs is 8. The molecule has 0 saturated heterocycles. The molecule has 12 heteroatoms. The average molecular weight is 966 g/mol. The minimum Gasteiger partial charge on any atom is -0.483 e. The second-order valence-electron chi connectivity index (χ2n) is 18.5. The third kappa shape index (κ3) is 9.60. The van der Waals surface area contributed by atoms with Gasteiger partial charge in [0.15, 0.2) is 6.61 Å². The van der Waals surface area contributed by atoms with Crippen LogP contribution in [-0.2, 0) is 20.1 Å². The molecule has 0 aliphatic carbocycles. The highest BCUT2D eigenvalue weighted by Gasteiger charge is 2.25. The van der Waals surface area contributed by atoms with Crippen molar-refractivity contribution in [2.24, 2.45) is 5.41 Å². The van der Waals surface area contributed by atoms with E-state index in [1.54, 1.807) is 18.2 Å². The number of para-hydroxylation sites is 2. The number of anilines is 3. The maximum Gasteiger partial charge on any atom is 0.262 e. The zero-order chi connectivity index (χ0) is 49.9. The van der Waals surface area contributed by atoms with Crippen LogP contribution in [-0.4, -0.2) is 44.3 Å². The lowest BCUT2D eigenvalue weighted by molar-refractivity contribution is -0.123. The lowest BCUT2D eigenvalue weighted by atomic mass is 9.94. The molecule has 72 heavy (non-hydrogen) atoms. The minimum absolute atomic E-state index is 0.104. The van der Waals surface area contributed by atoms with Crippen molar-refractivity contribution in [3.8, 4) is 50.3 Å². The van der Waals surface area contributed by atoms with Gasteiger partial charge in [-0.1, -0.05) is 124 Å². The van der Waals surface area contributed by atoms with Crippen molar-refractivity contribution in [2.45, 2.75) is 33.4 Å². The smallest absolute Gasteiger partial charge is 0.262 e. The molecule has 356 valence electrons. The lowest BCUT2D eigenvalue weighted by Crippen LogP contribution is -2.27. The van der Waals surface area contributed by atoms with Crippen LogP contribution in [0.3, 0.4) is 0 Å². The number of nitrogens with one attached hydrogen (secondary N) is 5. The Morgan fingerprint density at radius 2 is 0.944 bits per heavy atom. The van der Waals surface area contributed by atoms with Crippen LogP contribution in [0.4, 0.5) is 17.1 Å². The molecule has 0 saturated carbocycles. The van der Waals surface area contributed by atoms with E-state index >= 15 is 0 Å². The normalized spacial score (nSPS) is 11.8. The van der Waals surface area contributed by atoms with Crippen molar-refractivity contribution in [3.63, 3.8) is 0 Å². The Kier molecular flexibility index (Phi) is 13.0. The zero-order valence-electron chi connectivity index (χ0n) is 40.1. The molecule has 0 spiro atoms. The fourth-order valence-electron chi connectivity index (χ4n) is 9.02. The first-order chi connectivity index (χ1) is 34.9. The fraction of sp³-hybridized carbons (Fsp3) is 0.117. The highest BCUT2D eigenvalue weighted by Crippen LogP contribution is 2.41. The maximum absolute atomic E-state index is 13.9. The summed E-state index contributed by atoms with van der Waals surface area (Å²) in [6, 6.07) is 49.3. The number of H-pyrrole nitrogens is 2. The van der Waals surface area contributed by atoms with Gasteiger partial charge in [0.1, 0.15) is 5.75 Å². The maximum atomic E-state index is 13.9.